The molecule has 0 unspecified atom stereocenters. The Labute approximate surface area is 282 Å². The minimum absolute atomic E-state index is 0.605. The lowest BCUT2D eigenvalue weighted by molar-refractivity contribution is 0.669. The molecule has 0 radical (unpaired) electrons. The van der Waals surface area contributed by atoms with Gasteiger partial charge in [0.15, 0.2) is 17.5 Å². The van der Waals surface area contributed by atoms with E-state index in [1.165, 1.54) is 27.3 Å². The first-order chi connectivity index (χ1) is 24.2. The maximum atomic E-state index is 6.49. The molecule has 0 fully saturated rings. The first kappa shape index (κ1) is 27.5. The summed E-state index contributed by atoms with van der Waals surface area (Å²) in [5.74, 6) is 1.85. The molecule has 0 bridgehead atoms. The number of fused-ring (bicyclic) bond motifs is 7. The Morgan fingerprint density at radius 2 is 0.980 bits per heavy atom. The van der Waals surface area contributed by atoms with E-state index in [0.717, 1.165) is 54.8 Å². The predicted octanol–water partition coefficient (Wildman–Crippen LogP) is 11.9. The average molecular weight is 626 g/mol. The maximum Gasteiger partial charge on any atom is 0.164 e. The molecule has 0 spiro atoms. The van der Waals surface area contributed by atoms with E-state index in [4.69, 9.17) is 19.4 Å². The minimum atomic E-state index is 0.605. The second-order valence-corrected chi connectivity index (χ2v) is 12.5. The van der Waals surface area contributed by atoms with Crippen LogP contribution in [0.15, 0.2) is 168 Å². The van der Waals surface area contributed by atoms with E-state index in [2.05, 4.69) is 115 Å². The smallest absolute Gasteiger partial charge is 0.164 e. The molecule has 8 aromatic carbocycles. The highest BCUT2D eigenvalue weighted by atomic mass is 16.3. The van der Waals surface area contributed by atoms with Gasteiger partial charge in [-0.25, -0.2) is 15.0 Å². The summed E-state index contributed by atoms with van der Waals surface area (Å²) in [5.41, 5.74) is 6.77. The average Bonchev–Trinajstić information content (AvgIpc) is 3.55. The Bertz CT molecular complexity index is 2880. The van der Waals surface area contributed by atoms with Crippen LogP contribution in [-0.4, -0.2) is 15.0 Å². The SMILES string of the molecule is c1ccc(-c2ccc3ccc(-c4nc(-c5ccccc5)nc(-c5cccc6oc7cc8ccc9ccccc9c8cc7c56)n4)cc3c2)cc1. The first-order valence-electron chi connectivity index (χ1n) is 16.4. The molecular formula is C45H27N3O. The van der Waals surface area contributed by atoms with Gasteiger partial charge >= 0.3 is 0 Å². The Kier molecular flexibility index (Phi) is 6.15. The summed E-state index contributed by atoms with van der Waals surface area (Å²) in [6, 6.07) is 57.0. The van der Waals surface area contributed by atoms with Gasteiger partial charge in [-0.15, -0.1) is 0 Å². The van der Waals surface area contributed by atoms with Gasteiger partial charge in [0.1, 0.15) is 11.2 Å². The van der Waals surface area contributed by atoms with E-state index in [0.29, 0.717) is 17.5 Å². The zero-order valence-electron chi connectivity index (χ0n) is 26.3. The molecule has 10 aromatic rings. The molecule has 0 aliphatic rings. The largest absolute Gasteiger partial charge is 0.456 e. The van der Waals surface area contributed by atoms with Crippen LogP contribution in [0.5, 0.6) is 0 Å². The van der Waals surface area contributed by atoms with E-state index in [1.807, 2.05) is 48.5 Å². The van der Waals surface area contributed by atoms with Gasteiger partial charge in [0.2, 0.25) is 0 Å². The predicted molar refractivity (Wildman–Crippen MR) is 201 cm³/mol. The zero-order valence-corrected chi connectivity index (χ0v) is 26.3. The fraction of sp³-hybridized carbons (Fsp3) is 0. The van der Waals surface area contributed by atoms with Crippen LogP contribution in [0.4, 0.5) is 0 Å². The third kappa shape index (κ3) is 4.65. The Morgan fingerprint density at radius 3 is 1.82 bits per heavy atom. The van der Waals surface area contributed by atoms with Gasteiger partial charge in [-0.3, -0.25) is 0 Å². The molecule has 2 heterocycles. The lowest BCUT2D eigenvalue weighted by Crippen LogP contribution is -2.00. The van der Waals surface area contributed by atoms with Crippen molar-refractivity contribution in [3.63, 3.8) is 0 Å². The second-order valence-electron chi connectivity index (χ2n) is 12.5. The fourth-order valence-electron chi connectivity index (χ4n) is 7.05. The molecule has 0 aliphatic heterocycles. The van der Waals surface area contributed by atoms with E-state index in [9.17, 15) is 0 Å². The number of nitrogens with zero attached hydrogens (tertiary/aromatic N) is 3. The fourth-order valence-corrected chi connectivity index (χ4v) is 7.05. The lowest BCUT2D eigenvalue weighted by atomic mass is 9.98. The Hall–Kier alpha value is -6.65. The van der Waals surface area contributed by atoms with Crippen LogP contribution in [-0.2, 0) is 0 Å². The number of hydrogen-bond donors (Lipinski definition) is 0. The van der Waals surface area contributed by atoms with Crippen LogP contribution in [0.3, 0.4) is 0 Å². The number of aromatic nitrogens is 3. The third-order valence-electron chi connectivity index (χ3n) is 9.47. The number of hydrogen-bond acceptors (Lipinski definition) is 4. The van der Waals surface area contributed by atoms with Crippen LogP contribution in [0.1, 0.15) is 0 Å². The van der Waals surface area contributed by atoms with Crippen LogP contribution in [0, 0.1) is 0 Å². The summed E-state index contributed by atoms with van der Waals surface area (Å²) in [4.78, 5) is 15.3. The van der Waals surface area contributed by atoms with Crippen molar-refractivity contribution in [2.75, 3.05) is 0 Å². The maximum absolute atomic E-state index is 6.49. The minimum Gasteiger partial charge on any atom is -0.456 e. The zero-order chi connectivity index (χ0) is 32.3. The number of furan rings is 1. The van der Waals surface area contributed by atoms with Crippen molar-refractivity contribution in [1.29, 1.82) is 0 Å². The summed E-state index contributed by atoms with van der Waals surface area (Å²) < 4.78 is 6.49. The highest BCUT2D eigenvalue weighted by molar-refractivity contribution is 6.19. The molecule has 0 atom stereocenters. The lowest BCUT2D eigenvalue weighted by Gasteiger charge is -2.10. The summed E-state index contributed by atoms with van der Waals surface area (Å²) in [6.45, 7) is 0. The molecular weight excluding hydrogens is 599 g/mol. The Balaban J connectivity index is 1.20. The molecule has 4 nitrogen and oxygen atoms in total. The van der Waals surface area contributed by atoms with Crippen molar-refractivity contribution < 1.29 is 4.42 Å². The molecule has 228 valence electrons. The molecule has 49 heavy (non-hydrogen) atoms. The quantitative estimate of drug-likeness (QED) is 0.183. The van der Waals surface area contributed by atoms with Gasteiger partial charge in [-0.2, -0.15) is 0 Å². The van der Waals surface area contributed by atoms with Crippen LogP contribution < -0.4 is 0 Å². The van der Waals surface area contributed by atoms with Crippen molar-refractivity contribution in [1.82, 2.24) is 15.0 Å². The van der Waals surface area contributed by atoms with Crippen molar-refractivity contribution in [2.45, 2.75) is 0 Å². The van der Waals surface area contributed by atoms with E-state index in [1.54, 1.807) is 0 Å². The molecule has 0 saturated carbocycles. The summed E-state index contributed by atoms with van der Waals surface area (Å²) >= 11 is 0. The Morgan fingerprint density at radius 1 is 0.327 bits per heavy atom. The van der Waals surface area contributed by atoms with E-state index >= 15 is 0 Å². The van der Waals surface area contributed by atoms with E-state index in [-0.39, 0.29) is 0 Å². The molecule has 0 N–H and O–H groups in total. The normalized spacial score (nSPS) is 11.7. The first-order valence-corrected chi connectivity index (χ1v) is 16.4. The summed E-state index contributed by atoms with van der Waals surface area (Å²) in [5, 5.41) is 9.09. The molecule has 4 heteroatoms. The standard InChI is InChI=1S/C45H27N3O/c1-3-10-28(11-4-1)32-21-18-29-19-23-34(25-35(29)24-32)44-46-43(31-13-5-2-6-14-31)47-45(48-44)37-16-9-17-40-42(37)39-27-38-33(26-41(39)49-40)22-20-30-12-7-8-15-36(30)38/h1-27H. The highest BCUT2D eigenvalue weighted by Gasteiger charge is 2.19. The highest BCUT2D eigenvalue weighted by Crippen LogP contribution is 2.40. The van der Waals surface area contributed by atoms with Crippen molar-refractivity contribution >= 4 is 54.3 Å². The second kappa shape index (κ2) is 11.0. The van der Waals surface area contributed by atoms with Crippen molar-refractivity contribution in [2.24, 2.45) is 0 Å². The summed E-state index contributed by atoms with van der Waals surface area (Å²) in [6.07, 6.45) is 0. The number of rotatable bonds is 4. The van der Waals surface area contributed by atoms with Crippen molar-refractivity contribution in [3.8, 4) is 45.3 Å². The topological polar surface area (TPSA) is 51.8 Å². The van der Waals surface area contributed by atoms with Gasteiger partial charge in [0, 0.05) is 27.5 Å². The van der Waals surface area contributed by atoms with Crippen molar-refractivity contribution in [3.05, 3.63) is 164 Å². The van der Waals surface area contributed by atoms with Gasteiger partial charge in [0.25, 0.3) is 0 Å². The van der Waals surface area contributed by atoms with Gasteiger partial charge in [-0.05, 0) is 73.8 Å². The monoisotopic (exact) mass is 625 g/mol. The van der Waals surface area contributed by atoms with Gasteiger partial charge in [-0.1, -0.05) is 133 Å². The molecule has 0 saturated heterocycles. The van der Waals surface area contributed by atoms with Crippen LogP contribution >= 0.6 is 0 Å². The van der Waals surface area contributed by atoms with Crippen LogP contribution in [0.25, 0.3) is 99.5 Å². The third-order valence-corrected chi connectivity index (χ3v) is 9.47. The van der Waals surface area contributed by atoms with Crippen LogP contribution in [0.2, 0.25) is 0 Å². The van der Waals surface area contributed by atoms with Gasteiger partial charge in [0.05, 0.1) is 0 Å². The van der Waals surface area contributed by atoms with Gasteiger partial charge < -0.3 is 4.42 Å². The molecule has 2 aromatic heterocycles. The molecule has 0 amide bonds. The summed E-state index contributed by atoms with van der Waals surface area (Å²) in [7, 11) is 0. The molecule has 0 aliphatic carbocycles. The number of benzene rings is 8. The van der Waals surface area contributed by atoms with E-state index < -0.39 is 0 Å². The molecule has 10 rings (SSSR count).